The smallest absolute Gasteiger partial charge is 0.408 e. The molecule has 0 radical (unpaired) electrons. The first-order valence-electron chi connectivity index (χ1n) is 5.50. The van der Waals surface area contributed by atoms with Crippen molar-refractivity contribution < 1.29 is 17.9 Å². The van der Waals surface area contributed by atoms with Gasteiger partial charge in [0.25, 0.3) is 0 Å². The molecule has 1 saturated heterocycles. The second-order valence-electron chi connectivity index (χ2n) is 4.09. The van der Waals surface area contributed by atoms with Crippen molar-refractivity contribution in [2.45, 2.75) is 25.1 Å². The summed E-state index contributed by atoms with van der Waals surface area (Å²) in [4.78, 5) is 1.42. The average molecular weight is 245 g/mol. The molecule has 0 unspecified atom stereocenters. The van der Waals surface area contributed by atoms with Crippen molar-refractivity contribution in [1.82, 2.24) is 0 Å². The van der Waals surface area contributed by atoms with Crippen molar-refractivity contribution in [3.63, 3.8) is 0 Å². The molecular formula is C12H14F3NO. The van der Waals surface area contributed by atoms with Crippen LogP contribution in [0.2, 0.25) is 0 Å². The summed E-state index contributed by atoms with van der Waals surface area (Å²) in [6, 6.07) is 5.35. The van der Waals surface area contributed by atoms with Gasteiger partial charge >= 0.3 is 6.18 Å². The summed E-state index contributed by atoms with van der Waals surface area (Å²) in [6.07, 6.45) is -3.40. The lowest BCUT2D eigenvalue weighted by Crippen LogP contribution is -2.41. The van der Waals surface area contributed by atoms with E-state index in [9.17, 15) is 13.2 Å². The molecule has 1 fully saturated rings. The van der Waals surface area contributed by atoms with E-state index in [0.717, 1.165) is 0 Å². The molecule has 2 nitrogen and oxygen atoms in total. The van der Waals surface area contributed by atoms with Crippen LogP contribution in [0.25, 0.3) is 0 Å². The normalized spacial score (nSPS) is 20.7. The molecule has 2 rings (SSSR count). The highest BCUT2D eigenvalue weighted by molar-refractivity contribution is 5.51. The standard InChI is InChI=1S/C12H14F3NO/c1-17-10-6-4-9(5-7-10)16-8-2-3-11(16)12(13,14)15/h4-7,11H,2-3,8H2,1H3/t11-/m0/s1. The van der Waals surface area contributed by atoms with Crippen molar-refractivity contribution in [2.75, 3.05) is 18.6 Å². The molecule has 1 aromatic carbocycles. The molecule has 94 valence electrons. The first-order chi connectivity index (χ1) is 8.02. The number of methoxy groups -OCH3 is 1. The number of hydrogen-bond donors (Lipinski definition) is 0. The van der Waals surface area contributed by atoms with Crippen LogP contribution in [0.5, 0.6) is 5.75 Å². The first kappa shape index (κ1) is 12.1. The van der Waals surface area contributed by atoms with Gasteiger partial charge in [-0.15, -0.1) is 0 Å². The Labute approximate surface area is 98.0 Å². The van der Waals surface area contributed by atoms with E-state index >= 15 is 0 Å². The molecule has 1 atom stereocenters. The van der Waals surface area contributed by atoms with Crippen molar-refractivity contribution in [2.24, 2.45) is 0 Å². The van der Waals surface area contributed by atoms with Crippen LogP contribution in [-0.4, -0.2) is 25.9 Å². The number of hydrogen-bond acceptors (Lipinski definition) is 2. The molecule has 0 bridgehead atoms. The Morgan fingerprint density at radius 2 is 1.88 bits per heavy atom. The SMILES string of the molecule is COc1ccc(N2CCC[C@H]2C(F)(F)F)cc1. The lowest BCUT2D eigenvalue weighted by Gasteiger charge is -2.28. The minimum absolute atomic E-state index is 0.176. The summed E-state index contributed by atoms with van der Waals surface area (Å²) in [6.45, 7) is 0.455. The fraction of sp³-hybridized carbons (Fsp3) is 0.500. The third-order valence-corrected chi connectivity index (χ3v) is 3.03. The molecule has 0 N–H and O–H groups in total. The van der Waals surface area contributed by atoms with Gasteiger partial charge in [-0.1, -0.05) is 0 Å². The summed E-state index contributed by atoms with van der Waals surface area (Å²) >= 11 is 0. The van der Waals surface area contributed by atoms with Crippen LogP contribution >= 0.6 is 0 Å². The second kappa shape index (κ2) is 4.47. The van der Waals surface area contributed by atoms with E-state index in [-0.39, 0.29) is 6.42 Å². The zero-order valence-electron chi connectivity index (χ0n) is 9.50. The molecule has 0 amide bonds. The monoisotopic (exact) mass is 245 g/mol. The summed E-state index contributed by atoms with van der Waals surface area (Å²) in [7, 11) is 1.53. The fourth-order valence-electron chi connectivity index (χ4n) is 2.19. The van der Waals surface area contributed by atoms with Crippen molar-refractivity contribution in [1.29, 1.82) is 0 Å². The van der Waals surface area contributed by atoms with Gasteiger partial charge in [-0.25, -0.2) is 0 Å². The molecule has 0 spiro atoms. The van der Waals surface area contributed by atoms with Crippen LogP contribution in [0, 0.1) is 0 Å². The first-order valence-corrected chi connectivity index (χ1v) is 5.50. The summed E-state index contributed by atoms with van der Waals surface area (Å²) < 4.78 is 43.3. The van der Waals surface area contributed by atoms with Crippen molar-refractivity contribution >= 4 is 5.69 Å². The van der Waals surface area contributed by atoms with Gasteiger partial charge in [-0.3, -0.25) is 0 Å². The molecule has 1 aromatic rings. The molecular weight excluding hydrogens is 231 g/mol. The fourth-order valence-corrected chi connectivity index (χ4v) is 2.19. The molecule has 5 heteroatoms. The molecule has 0 aromatic heterocycles. The van der Waals surface area contributed by atoms with Crippen LogP contribution in [-0.2, 0) is 0 Å². The maximum atomic E-state index is 12.8. The highest BCUT2D eigenvalue weighted by Gasteiger charge is 2.45. The second-order valence-corrected chi connectivity index (χ2v) is 4.09. The van der Waals surface area contributed by atoms with Gasteiger partial charge in [0.05, 0.1) is 7.11 Å². The van der Waals surface area contributed by atoms with Crippen LogP contribution in [0.4, 0.5) is 18.9 Å². The molecule has 1 aliphatic rings. The van der Waals surface area contributed by atoms with E-state index in [1.54, 1.807) is 24.3 Å². The third-order valence-electron chi connectivity index (χ3n) is 3.03. The largest absolute Gasteiger partial charge is 0.497 e. The maximum Gasteiger partial charge on any atom is 0.408 e. The number of benzene rings is 1. The molecule has 0 saturated carbocycles. The van der Waals surface area contributed by atoms with E-state index < -0.39 is 12.2 Å². The molecule has 0 aliphatic carbocycles. The Bertz CT molecular complexity index is 374. The van der Waals surface area contributed by atoms with E-state index in [4.69, 9.17) is 4.74 Å². The van der Waals surface area contributed by atoms with Crippen LogP contribution in [0.1, 0.15) is 12.8 Å². The lowest BCUT2D eigenvalue weighted by molar-refractivity contribution is -0.145. The van der Waals surface area contributed by atoms with Crippen molar-refractivity contribution in [3.8, 4) is 5.75 Å². The number of alkyl halides is 3. The minimum Gasteiger partial charge on any atom is -0.497 e. The molecule has 1 heterocycles. The number of anilines is 1. The Morgan fingerprint density at radius 1 is 1.24 bits per heavy atom. The Kier molecular flexibility index (Phi) is 3.17. The van der Waals surface area contributed by atoms with Crippen LogP contribution in [0.15, 0.2) is 24.3 Å². The number of rotatable bonds is 2. The van der Waals surface area contributed by atoms with Gasteiger partial charge in [0.2, 0.25) is 0 Å². The zero-order valence-corrected chi connectivity index (χ0v) is 9.50. The highest BCUT2D eigenvalue weighted by atomic mass is 19.4. The third kappa shape index (κ3) is 2.48. The van der Waals surface area contributed by atoms with Gasteiger partial charge < -0.3 is 9.64 Å². The van der Waals surface area contributed by atoms with Gasteiger partial charge in [0, 0.05) is 12.2 Å². The number of nitrogens with zero attached hydrogens (tertiary/aromatic N) is 1. The highest BCUT2D eigenvalue weighted by Crippen LogP contribution is 2.36. The van der Waals surface area contributed by atoms with E-state index in [1.165, 1.54) is 12.0 Å². The van der Waals surface area contributed by atoms with Crippen molar-refractivity contribution in [3.05, 3.63) is 24.3 Å². The van der Waals surface area contributed by atoms with Gasteiger partial charge in [-0.2, -0.15) is 13.2 Å². The quantitative estimate of drug-likeness (QED) is 0.793. The molecule has 17 heavy (non-hydrogen) atoms. The van der Waals surface area contributed by atoms with Crippen LogP contribution < -0.4 is 9.64 Å². The lowest BCUT2D eigenvalue weighted by atomic mass is 10.2. The maximum absolute atomic E-state index is 12.8. The number of ether oxygens (including phenoxy) is 1. The molecule has 1 aliphatic heterocycles. The van der Waals surface area contributed by atoms with E-state index in [0.29, 0.717) is 24.4 Å². The average Bonchev–Trinajstić information content (AvgIpc) is 2.78. The minimum atomic E-state index is -4.16. The zero-order chi connectivity index (χ0) is 12.5. The van der Waals surface area contributed by atoms with Gasteiger partial charge in [-0.05, 0) is 37.1 Å². The number of halogens is 3. The van der Waals surface area contributed by atoms with E-state index in [1.807, 2.05) is 0 Å². The Hall–Kier alpha value is -1.39. The summed E-state index contributed by atoms with van der Waals surface area (Å²) in [5, 5.41) is 0. The summed E-state index contributed by atoms with van der Waals surface area (Å²) in [5.74, 6) is 0.650. The van der Waals surface area contributed by atoms with Crippen LogP contribution in [0.3, 0.4) is 0 Å². The summed E-state index contributed by atoms with van der Waals surface area (Å²) in [5.41, 5.74) is 0.602. The van der Waals surface area contributed by atoms with E-state index in [2.05, 4.69) is 0 Å². The Balaban J connectivity index is 2.20. The van der Waals surface area contributed by atoms with Gasteiger partial charge in [0.1, 0.15) is 11.8 Å². The predicted molar refractivity (Wildman–Crippen MR) is 59.4 cm³/mol. The Morgan fingerprint density at radius 3 is 2.41 bits per heavy atom. The predicted octanol–water partition coefficient (Wildman–Crippen LogP) is 3.23. The van der Waals surface area contributed by atoms with Gasteiger partial charge in [0.15, 0.2) is 0 Å². The topological polar surface area (TPSA) is 12.5 Å².